The van der Waals surface area contributed by atoms with Crippen LogP contribution in [0.3, 0.4) is 0 Å². The van der Waals surface area contributed by atoms with Crippen molar-refractivity contribution >= 4 is 5.91 Å². The second-order valence-electron chi connectivity index (χ2n) is 8.12. The average molecular weight is 377 g/mol. The molecule has 0 aliphatic carbocycles. The molecule has 3 aromatic rings. The lowest BCUT2D eigenvalue weighted by Crippen LogP contribution is -2.33. The molecule has 0 radical (unpaired) electrons. The number of aromatic nitrogens is 2. The van der Waals surface area contributed by atoms with Crippen LogP contribution in [0.5, 0.6) is 0 Å². The molecule has 0 saturated carbocycles. The smallest absolute Gasteiger partial charge is 0.258 e. The summed E-state index contributed by atoms with van der Waals surface area (Å²) in [6.45, 7) is 8.09. The lowest BCUT2D eigenvalue weighted by molar-refractivity contribution is 0.0939. The van der Waals surface area contributed by atoms with Gasteiger partial charge in [-0.3, -0.25) is 4.79 Å². The number of aryl methyl sites for hydroxylation is 1. The first kappa shape index (κ1) is 19.8. The molecule has 0 aliphatic heterocycles. The highest BCUT2D eigenvalue weighted by Gasteiger charge is 2.24. The highest BCUT2D eigenvalue weighted by molar-refractivity contribution is 6.00. The molecule has 0 fully saturated rings. The molecule has 0 spiro atoms. The number of hydrogen-bond acceptors (Lipinski definition) is 4. The van der Waals surface area contributed by atoms with E-state index in [4.69, 9.17) is 4.52 Å². The van der Waals surface area contributed by atoms with Crippen LogP contribution < -0.4 is 5.32 Å². The number of nitrogens with zero attached hydrogens (tertiary/aromatic N) is 2. The fourth-order valence-corrected chi connectivity index (χ4v) is 2.91. The Morgan fingerprint density at radius 2 is 1.75 bits per heavy atom. The van der Waals surface area contributed by atoms with Crippen molar-refractivity contribution in [2.75, 3.05) is 0 Å². The maximum Gasteiger partial charge on any atom is 0.258 e. The Hall–Kier alpha value is -2.95. The number of carbonyl (C=O) groups excluding carboxylic acids is 1. The highest BCUT2D eigenvalue weighted by atomic mass is 16.5. The predicted molar refractivity (Wildman–Crippen MR) is 110 cm³/mol. The van der Waals surface area contributed by atoms with Crippen LogP contribution in [0.15, 0.2) is 59.1 Å². The van der Waals surface area contributed by atoms with Crippen molar-refractivity contribution in [1.29, 1.82) is 0 Å². The third-order valence-corrected chi connectivity index (χ3v) is 4.59. The number of hydrogen-bond donors (Lipinski definition) is 1. The van der Waals surface area contributed by atoms with Gasteiger partial charge in [0.25, 0.3) is 11.8 Å². The molecule has 1 amide bonds. The first-order valence-corrected chi connectivity index (χ1v) is 9.63. The minimum atomic E-state index is -0.217. The normalized spacial score (nSPS) is 12.6. The molecule has 3 rings (SSSR count). The fourth-order valence-electron chi connectivity index (χ4n) is 2.91. The summed E-state index contributed by atoms with van der Waals surface area (Å²) in [7, 11) is 0. The number of nitrogens with one attached hydrogen (secondary N) is 1. The summed E-state index contributed by atoms with van der Waals surface area (Å²) in [5.74, 6) is 0.855. The molecule has 0 saturated heterocycles. The van der Waals surface area contributed by atoms with Gasteiger partial charge < -0.3 is 9.84 Å². The van der Waals surface area contributed by atoms with Crippen LogP contribution in [0.4, 0.5) is 0 Å². The van der Waals surface area contributed by atoms with E-state index in [1.807, 2.05) is 64.1 Å². The van der Waals surface area contributed by atoms with Gasteiger partial charge in [-0.15, -0.1) is 0 Å². The van der Waals surface area contributed by atoms with Crippen LogP contribution in [-0.4, -0.2) is 22.1 Å². The third-order valence-electron chi connectivity index (χ3n) is 4.59. The van der Waals surface area contributed by atoms with Gasteiger partial charge in [0.2, 0.25) is 0 Å². The van der Waals surface area contributed by atoms with Crippen molar-refractivity contribution in [3.8, 4) is 11.5 Å². The summed E-state index contributed by atoms with van der Waals surface area (Å²) >= 11 is 0. The van der Waals surface area contributed by atoms with Gasteiger partial charge in [-0.05, 0) is 37.5 Å². The average Bonchev–Trinajstić information content (AvgIpc) is 3.18. The fraction of sp³-hybridized carbons (Fsp3) is 0.348. The zero-order valence-corrected chi connectivity index (χ0v) is 16.9. The zero-order chi connectivity index (χ0) is 20.1. The minimum Gasteiger partial charge on any atom is -0.350 e. The molecule has 5 nitrogen and oxygen atoms in total. The van der Waals surface area contributed by atoms with Gasteiger partial charge in [-0.2, -0.15) is 4.98 Å². The van der Waals surface area contributed by atoms with Crippen LogP contribution in [-0.2, 0) is 11.8 Å². The lowest BCUT2D eigenvalue weighted by Gasteiger charge is -2.15. The first-order valence-electron chi connectivity index (χ1n) is 9.63. The Morgan fingerprint density at radius 1 is 1.07 bits per heavy atom. The summed E-state index contributed by atoms with van der Waals surface area (Å²) in [6.07, 6.45) is 1.79. The number of rotatable bonds is 6. The largest absolute Gasteiger partial charge is 0.350 e. The van der Waals surface area contributed by atoms with Crippen molar-refractivity contribution in [2.24, 2.45) is 0 Å². The second kappa shape index (κ2) is 8.38. The summed E-state index contributed by atoms with van der Waals surface area (Å²) in [4.78, 5) is 17.4. The topological polar surface area (TPSA) is 68.0 Å². The molecule has 1 heterocycles. The summed E-state index contributed by atoms with van der Waals surface area (Å²) in [5.41, 5.74) is 2.24. The van der Waals surface area contributed by atoms with Gasteiger partial charge in [0, 0.05) is 11.5 Å². The van der Waals surface area contributed by atoms with E-state index in [9.17, 15) is 4.79 Å². The van der Waals surface area contributed by atoms with Crippen LogP contribution >= 0.6 is 0 Å². The minimum absolute atomic E-state index is 0.0496. The Bertz CT molecular complexity index is 926. The lowest BCUT2D eigenvalue weighted by atomic mass is 9.96. The van der Waals surface area contributed by atoms with E-state index in [1.165, 1.54) is 5.56 Å². The van der Waals surface area contributed by atoms with Crippen LogP contribution in [0.25, 0.3) is 11.5 Å². The third kappa shape index (κ3) is 4.85. The summed E-state index contributed by atoms with van der Waals surface area (Å²) < 4.78 is 5.44. The molecule has 1 aromatic heterocycles. The molecular weight excluding hydrogens is 350 g/mol. The van der Waals surface area contributed by atoms with Crippen molar-refractivity contribution in [1.82, 2.24) is 15.5 Å². The van der Waals surface area contributed by atoms with Crippen molar-refractivity contribution in [3.05, 3.63) is 71.5 Å². The molecule has 1 atom stereocenters. The maximum atomic E-state index is 12.9. The van der Waals surface area contributed by atoms with E-state index in [1.54, 1.807) is 6.07 Å². The van der Waals surface area contributed by atoms with Gasteiger partial charge in [0.15, 0.2) is 5.82 Å². The van der Waals surface area contributed by atoms with E-state index < -0.39 is 0 Å². The first-order chi connectivity index (χ1) is 13.3. The Balaban J connectivity index is 1.71. The van der Waals surface area contributed by atoms with Gasteiger partial charge in [0.1, 0.15) is 0 Å². The molecule has 1 unspecified atom stereocenters. The molecule has 28 heavy (non-hydrogen) atoms. The molecule has 0 aliphatic rings. The molecule has 5 heteroatoms. The number of amides is 1. The molecule has 2 aromatic carbocycles. The van der Waals surface area contributed by atoms with Gasteiger partial charge in [0.05, 0.1) is 11.1 Å². The number of benzene rings is 2. The van der Waals surface area contributed by atoms with Crippen molar-refractivity contribution < 1.29 is 9.32 Å². The van der Waals surface area contributed by atoms with Gasteiger partial charge in [-0.1, -0.05) is 68.4 Å². The van der Waals surface area contributed by atoms with E-state index in [-0.39, 0.29) is 17.4 Å². The van der Waals surface area contributed by atoms with Crippen LogP contribution in [0.1, 0.15) is 55.9 Å². The Labute approximate surface area is 166 Å². The number of carbonyl (C=O) groups is 1. The standard InChI is InChI=1S/C23H27N3O2/c1-16(14-15-17-10-6-5-7-11-17)24-20(27)18-12-8-9-13-19(18)21-25-22(26-28-21)23(2,3)4/h5-13,16H,14-15H2,1-4H3,(H,24,27). The predicted octanol–water partition coefficient (Wildman–Crippen LogP) is 4.79. The maximum absolute atomic E-state index is 12.9. The van der Waals surface area contributed by atoms with Gasteiger partial charge in [-0.25, -0.2) is 0 Å². The quantitative estimate of drug-likeness (QED) is 0.671. The SMILES string of the molecule is CC(CCc1ccccc1)NC(=O)c1ccccc1-c1nc(C(C)(C)C)no1. The van der Waals surface area contributed by atoms with Crippen molar-refractivity contribution in [3.63, 3.8) is 0 Å². The zero-order valence-electron chi connectivity index (χ0n) is 16.9. The summed E-state index contributed by atoms with van der Waals surface area (Å²) in [5, 5.41) is 7.16. The molecule has 1 N–H and O–H groups in total. The van der Waals surface area contributed by atoms with Crippen LogP contribution in [0, 0.1) is 0 Å². The molecule has 146 valence electrons. The van der Waals surface area contributed by atoms with E-state index in [0.717, 1.165) is 12.8 Å². The van der Waals surface area contributed by atoms with E-state index in [0.29, 0.717) is 22.8 Å². The molecular formula is C23H27N3O2. The Kier molecular flexibility index (Phi) is 5.93. The second-order valence-corrected chi connectivity index (χ2v) is 8.12. The van der Waals surface area contributed by atoms with Crippen molar-refractivity contribution in [2.45, 2.75) is 52.0 Å². The monoisotopic (exact) mass is 377 g/mol. The van der Waals surface area contributed by atoms with E-state index in [2.05, 4.69) is 27.6 Å². The summed E-state index contributed by atoms with van der Waals surface area (Å²) in [6, 6.07) is 17.7. The molecule has 0 bridgehead atoms. The van der Waals surface area contributed by atoms with Gasteiger partial charge >= 0.3 is 0 Å². The highest BCUT2D eigenvalue weighted by Crippen LogP contribution is 2.26. The Morgan fingerprint density at radius 3 is 2.43 bits per heavy atom. The van der Waals surface area contributed by atoms with Crippen LogP contribution in [0.2, 0.25) is 0 Å². The van der Waals surface area contributed by atoms with E-state index >= 15 is 0 Å².